The minimum atomic E-state index is -0.0573. The minimum absolute atomic E-state index is 0.0124. The molecule has 4 nitrogen and oxygen atoms in total. The van der Waals surface area contributed by atoms with E-state index in [9.17, 15) is 4.79 Å². The molecule has 0 aromatic rings. The van der Waals surface area contributed by atoms with Gasteiger partial charge in [-0.15, -0.1) is 0 Å². The standard InChI is InChI=1S/C14H25NO3/c1-15-14(6-3-2-4-7-14)9-13(16)18-11-12-5-8-17-10-12/h12,15H,2-11H2,1H3. The van der Waals surface area contributed by atoms with Crippen LogP contribution in [0.25, 0.3) is 0 Å². The summed E-state index contributed by atoms with van der Waals surface area (Å²) in [5, 5.41) is 3.35. The van der Waals surface area contributed by atoms with Gasteiger partial charge in [0.05, 0.1) is 19.6 Å². The van der Waals surface area contributed by atoms with Gasteiger partial charge in [0.2, 0.25) is 0 Å². The number of ether oxygens (including phenoxy) is 2. The van der Waals surface area contributed by atoms with Crippen molar-refractivity contribution in [1.29, 1.82) is 0 Å². The van der Waals surface area contributed by atoms with Crippen LogP contribution in [0.3, 0.4) is 0 Å². The molecule has 18 heavy (non-hydrogen) atoms. The van der Waals surface area contributed by atoms with E-state index >= 15 is 0 Å². The molecule has 2 rings (SSSR count). The lowest BCUT2D eigenvalue weighted by Gasteiger charge is -2.36. The Morgan fingerprint density at radius 2 is 2.17 bits per heavy atom. The zero-order valence-electron chi connectivity index (χ0n) is 11.4. The molecule has 1 aliphatic carbocycles. The van der Waals surface area contributed by atoms with Crippen LogP contribution in [0, 0.1) is 5.92 Å². The molecule has 0 radical (unpaired) electrons. The van der Waals surface area contributed by atoms with E-state index in [1.165, 1.54) is 19.3 Å². The van der Waals surface area contributed by atoms with Gasteiger partial charge in [0, 0.05) is 18.1 Å². The van der Waals surface area contributed by atoms with Crippen LogP contribution in [-0.2, 0) is 14.3 Å². The van der Waals surface area contributed by atoms with Gasteiger partial charge in [0.15, 0.2) is 0 Å². The SMILES string of the molecule is CNC1(CC(=O)OCC2CCOC2)CCCCC1. The third kappa shape index (κ3) is 3.69. The highest BCUT2D eigenvalue weighted by Gasteiger charge is 2.33. The highest BCUT2D eigenvalue weighted by atomic mass is 16.5. The number of rotatable bonds is 5. The maximum absolute atomic E-state index is 11.9. The fourth-order valence-corrected chi connectivity index (χ4v) is 3.00. The molecule has 1 saturated carbocycles. The molecule has 2 aliphatic rings. The lowest BCUT2D eigenvalue weighted by molar-refractivity contribution is -0.147. The molecule has 0 spiro atoms. The Morgan fingerprint density at radius 3 is 2.78 bits per heavy atom. The van der Waals surface area contributed by atoms with E-state index in [1.54, 1.807) is 0 Å². The van der Waals surface area contributed by atoms with E-state index in [4.69, 9.17) is 9.47 Å². The average Bonchev–Trinajstić information content (AvgIpc) is 2.91. The molecule has 0 amide bonds. The smallest absolute Gasteiger partial charge is 0.307 e. The fourth-order valence-electron chi connectivity index (χ4n) is 3.00. The van der Waals surface area contributed by atoms with Crippen molar-refractivity contribution < 1.29 is 14.3 Å². The number of hydrogen-bond acceptors (Lipinski definition) is 4. The van der Waals surface area contributed by atoms with Crippen molar-refractivity contribution in [2.24, 2.45) is 5.92 Å². The third-order valence-electron chi connectivity index (χ3n) is 4.33. The maximum Gasteiger partial charge on any atom is 0.307 e. The fraction of sp³-hybridized carbons (Fsp3) is 0.929. The Morgan fingerprint density at radius 1 is 1.39 bits per heavy atom. The number of esters is 1. The summed E-state index contributed by atoms with van der Waals surface area (Å²) >= 11 is 0. The molecule has 104 valence electrons. The van der Waals surface area contributed by atoms with E-state index in [0.717, 1.165) is 32.5 Å². The molecule has 4 heteroatoms. The van der Waals surface area contributed by atoms with Gasteiger partial charge in [-0.3, -0.25) is 4.79 Å². The summed E-state index contributed by atoms with van der Waals surface area (Å²) in [6.07, 6.45) is 7.42. The lowest BCUT2D eigenvalue weighted by Crippen LogP contribution is -2.46. The van der Waals surface area contributed by atoms with Crippen molar-refractivity contribution >= 4 is 5.97 Å². The first-order valence-electron chi connectivity index (χ1n) is 7.16. The average molecular weight is 255 g/mol. The molecule has 0 aromatic carbocycles. The maximum atomic E-state index is 11.9. The lowest BCUT2D eigenvalue weighted by atomic mass is 9.79. The second kappa shape index (κ2) is 6.53. The Hall–Kier alpha value is -0.610. The molecule has 1 heterocycles. The van der Waals surface area contributed by atoms with Crippen LogP contribution in [0.4, 0.5) is 0 Å². The Balaban J connectivity index is 1.74. The van der Waals surface area contributed by atoms with Crippen molar-refractivity contribution in [2.45, 2.75) is 50.5 Å². The normalized spacial score (nSPS) is 27.1. The molecule has 2 fully saturated rings. The van der Waals surface area contributed by atoms with Crippen LogP contribution in [0.1, 0.15) is 44.9 Å². The summed E-state index contributed by atoms with van der Waals surface area (Å²) in [4.78, 5) is 11.9. The second-order valence-electron chi connectivity index (χ2n) is 5.68. The number of hydrogen-bond donors (Lipinski definition) is 1. The number of carbonyl (C=O) groups excluding carboxylic acids is 1. The molecule has 0 bridgehead atoms. The van der Waals surface area contributed by atoms with Crippen LogP contribution in [0.5, 0.6) is 0 Å². The first kappa shape index (κ1) is 13.8. The largest absolute Gasteiger partial charge is 0.465 e. The molecule has 0 aromatic heterocycles. The highest BCUT2D eigenvalue weighted by molar-refractivity contribution is 5.71. The summed E-state index contributed by atoms with van der Waals surface area (Å²) in [5.41, 5.74) is -0.0124. The summed E-state index contributed by atoms with van der Waals surface area (Å²) in [6, 6.07) is 0. The first-order chi connectivity index (χ1) is 8.74. The van der Waals surface area contributed by atoms with Crippen LogP contribution < -0.4 is 5.32 Å². The van der Waals surface area contributed by atoms with E-state index in [1.807, 2.05) is 7.05 Å². The quantitative estimate of drug-likeness (QED) is 0.762. The van der Waals surface area contributed by atoms with E-state index in [2.05, 4.69) is 5.32 Å². The van der Waals surface area contributed by atoms with Gasteiger partial charge >= 0.3 is 5.97 Å². The molecule has 1 N–H and O–H groups in total. The zero-order valence-corrected chi connectivity index (χ0v) is 11.4. The summed E-state index contributed by atoms with van der Waals surface area (Å²) < 4.78 is 10.7. The van der Waals surface area contributed by atoms with Crippen molar-refractivity contribution in [3.05, 3.63) is 0 Å². The van der Waals surface area contributed by atoms with Crippen molar-refractivity contribution in [2.75, 3.05) is 26.9 Å². The van der Waals surface area contributed by atoms with Crippen molar-refractivity contribution in [3.8, 4) is 0 Å². The summed E-state index contributed by atoms with van der Waals surface area (Å²) in [7, 11) is 1.96. The predicted octanol–water partition coefficient (Wildman–Crippen LogP) is 1.88. The second-order valence-corrected chi connectivity index (χ2v) is 5.68. The van der Waals surface area contributed by atoms with Gasteiger partial charge in [-0.1, -0.05) is 19.3 Å². The minimum Gasteiger partial charge on any atom is -0.465 e. The molecular formula is C14H25NO3. The van der Waals surface area contributed by atoms with Gasteiger partial charge < -0.3 is 14.8 Å². The van der Waals surface area contributed by atoms with E-state index in [-0.39, 0.29) is 11.5 Å². The number of carbonyl (C=O) groups is 1. The Kier molecular flexibility index (Phi) is 5.01. The van der Waals surface area contributed by atoms with Crippen LogP contribution in [-0.4, -0.2) is 38.4 Å². The van der Waals surface area contributed by atoms with Gasteiger partial charge in [-0.25, -0.2) is 0 Å². The molecule has 1 aliphatic heterocycles. The molecule has 1 atom stereocenters. The monoisotopic (exact) mass is 255 g/mol. The highest BCUT2D eigenvalue weighted by Crippen LogP contribution is 2.31. The van der Waals surface area contributed by atoms with Crippen molar-refractivity contribution in [3.63, 3.8) is 0 Å². The molecule has 1 saturated heterocycles. The van der Waals surface area contributed by atoms with E-state index < -0.39 is 0 Å². The topological polar surface area (TPSA) is 47.6 Å². The van der Waals surface area contributed by atoms with Crippen LogP contribution in [0.15, 0.2) is 0 Å². The van der Waals surface area contributed by atoms with Gasteiger partial charge in [-0.05, 0) is 26.3 Å². The predicted molar refractivity (Wildman–Crippen MR) is 69.4 cm³/mol. The molecule has 1 unspecified atom stereocenters. The Labute approximate surface area is 109 Å². The third-order valence-corrected chi connectivity index (χ3v) is 4.33. The van der Waals surface area contributed by atoms with Gasteiger partial charge in [0.1, 0.15) is 0 Å². The summed E-state index contributed by atoms with van der Waals surface area (Å²) in [5.74, 6) is 0.351. The first-order valence-corrected chi connectivity index (χ1v) is 7.16. The zero-order chi connectivity index (χ0) is 12.8. The van der Waals surface area contributed by atoms with Crippen LogP contribution in [0.2, 0.25) is 0 Å². The van der Waals surface area contributed by atoms with Gasteiger partial charge in [-0.2, -0.15) is 0 Å². The Bertz CT molecular complexity index is 268. The van der Waals surface area contributed by atoms with Crippen molar-refractivity contribution in [1.82, 2.24) is 5.32 Å². The number of nitrogens with one attached hydrogen (secondary N) is 1. The summed E-state index contributed by atoms with van der Waals surface area (Å²) in [6.45, 7) is 2.08. The van der Waals surface area contributed by atoms with E-state index in [0.29, 0.717) is 18.9 Å². The van der Waals surface area contributed by atoms with Crippen LogP contribution >= 0.6 is 0 Å². The van der Waals surface area contributed by atoms with Gasteiger partial charge in [0.25, 0.3) is 0 Å². The molecular weight excluding hydrogens is 230 g/mol.